The van der Waals surface area contributed by atoms with Gasteiger partial charge in [-0.1, -0.05) is 32.4 Å². The van der Waals surface area contributed by atoms with Crippen molar-refractivity contribution in [3.05, 3.63) is 29.3 Å². The fraction of sp³-hybridized carbons (Fsp3) is 0.611. The average Bonchev–Trinajstić information content (AvgIpc) is 2.56. The van der Waals surface area contributed by atoms with E-state index in [0.717, 1.165) is 23.2 Å². The van der Waals surface area contributed by atoms with Crippen molar-refractivity contribution >= 4 is 11.6 Å². The zero-order chi connectivity index (χ0) is 17.2. The lowest BCUT2D eigenvalue weighted by Crippen LogP contribution is -2.40. The van der Waals surface area contributed by atoms with E-state index in [2.05, 4.69) is 5.32 Å². The molecule has 0 fully saturated rings. The monoisotopic (exact) mass is 322 g/mol. The molecule has 5 heteroatoms. The van der Waals surface area contributed by atoms with E-state index < -0.39 is 6.04 Å². The third-order valence-electron chi connectivity index (χ3n) is 4.10. The normalized spacial score (nSPS) is 13.6. The topological polar surface area (TPSA) is 73.6 Å². The smallest absolute Gasteiger partial charge is 0.241 e. The number of rotatable bonds is 10. The zero-order valence-electron chi connectivity index (χ0n) is 14.7. The molecule has 0 aromatic heterocycles. The van der Waals surface area contributed by atoms with Crippen molar-refractivity contribution in [2.24, 2.45) is 11.7 Å². The quantitative estimate of drug-likeness (QED) is 0.650. The van der Waals surface area contributed by atoms with E-state index in [-0.39, 0.29) is 11.8 Å². The standard InChI is InChI=1S/C18H30N2O3/c1-5-13(3)17(19)18(21)20-16-9-7-8-15(14(16)4)12-23-11-10-22-6-2/h7-9,13,17H,5-6,10-12,19H2,1-4H3,(H,20,21). The van der Waals surface area contributed by atoms with Crippen LogP contribution in [0.15, 0.2) is 18.2 Å². The highest BCUT2D eigenvalue weighted by Gasteiger charge is 2.20. The van der Waals surface area contributed by atoms with Gasteiger partial charge in [0.1, 0.15) is 0 Å². The first kappa shape index (κ1) is 19.6. The molecular weight excluding hydrogens is 292 g/mol. The Hall–Kier alpha value is -1.43. The first-order valence-electron chi connectivity index (χ1n) is 8.31. The van der Waals surface area contributed by atoms with Crippen LogP contribution in [0.5, 0.6) is 0 Å². The maximum Gasteiger partial charge on any atom is 0.241 e. The Bertz CT molecular complexity index is 491. The first-order valence-corrected chi connectivity index (χ1v) is 8.31. The van der Waals surface area contributed by atoms with Gasteiger partial charge in [0, 0.05) is 12.3 Å². The molecule has 23 heavy (non-hydrogen) atoms. The predicted molar refractivity (Wildman–Crippen MR) is 93.4 cm³/mol. The molecular formula is C18H30N2O3. The number of carbonyl (C=O) groups excluding carboxylic acids is 1. The van der Waals surface area contributed by atoms with Crippen molar-refractivity contribution in [2.45, 2.75) is 46.8 Å². The second kappa shape index (κ2) is 10.4. The van der Waals surface area contributed by atoms with E-state index in [1.54, 1.807) is 0 Å². The van der Waals surface area contributed by atoms with Gasteiger partial charge in [-0.05, 0) is 37.0 Å². The van der Waals surface area contributed by atoms with Gasteiger partial charge in [-0.3, -0.25) is 4.79 Å². The molecule has 0 aliphatic heterocycles. The van der Waals surface area contributed by atoms with Gasteiger partial charge in [-0.25, -0.2) is 0 Å². The van der Waals surface area contributed by atoms with Crippen LogP contribution in [-0.2, 0) is 20.9 Å². The molecule has 0 saturated heterocycles. The van der Waals surface area contributed by atoms with Crippen LogP contribution >= 0.6 is 0 Å². The lowest BCUT2D eigenvalue weighted by molar-refractivity contribution is -0.118. The predicted octanol–water partition coefficient (Wildman–Crippen LogP) is 2.86. The van der Waals surface area contributed by atoms with Crippen molar-refractivity contribution in [3.8, 4) is 0 Å². The molecule has 0 aliphatic carbocycles. The van der Waals surface area contributed by atoms with Crippen LogP contribution in [0.4, 0.5) is 5.69 Å². The minimum Gasteiger partial charge on any atom is -0.379 e. The highest BCUT2D eigenvalue weighted by Crippen LogP contribution is 2.20. The molecule has 2 unspecified atom stereocenters. The SMILES string of the molecule is CCOCCOCc1cccc(NC(=O)C(N)C(C)CC)c1C. The summed E-state index contributed by atoms with van der Waals surface area (Å²) in [6.45, 7) is 10.3. The van der Waals surface area contributed by atoms with E-state index in [1.165, 1.54) is 0 Å². The number of hydrogen-bond donors (Lipinski definition) is 2. The summed E-state index contributed by atoms with van der Waals surface area (Å²) in [7, 11) is 0. The van der Waals surface area contributed by atoms with Gasteiger partial charge in [-0.15, -0.1) is 0 Å². The number of benzene rings is 1. The van der Waals surface area contributed by atoms with Gasteiger partial charge in [0.25, 0.3) is 0 Å². The molecule has 0 heterocycles. The van der Waals surface area contributed by atoms with Gasteiger partial charge in [0.2, 0.25) is 5.91 Å². The van der Waals surface area contributed by atoms with Gasteiger partial charge < -0.3 is 20.5 Å². The number of carbonyl (C=O) groups is 1. The third kappa shape index (κ3) is 6.29. The summed E-state index contributed by atoms with van der Waals surface area (Å²) in [4.78, 5) is 12.2. The van der Waals surface area contributed by atoms with E-state index >= 15 is 0 Å². The first-order chi connectivity index (χ1) is 11.0. The highest BCUT2D eigenvalue weighted by atomic mass is 16.5. The van der Waals surface area contributed by atoms with Crippen LogP contribution in [0.2, 0.25) is 0 Å². The lowest BCUT2D eigenvalue weighted by Gasteiger charge is -2.19. The van der Waals surface area contributed by atoms with Crippen molar-refractivity contribution in [3.63, 3.8) is 0 Å². The molecule has 1 aromatic carbocycles. The van der Waals surface area contributed by atoms with E-state index in [9.17, 15) is 4.79 Å². The molecule has 0 saturated carbocycles. The highest BCUT2D eigenvalue weighted by molar-refractivity contribution is 5.95. The number of anilines is 1. The Morgan fingerprint density at radius 2 is 1.96 bits per heavy atom. The van der Waals surface area contributed by atoms with Gasteiger partial charge in [-0.2, -0.15) is 0 Å². The van der Waals surface area contributed by atoms with Gasteiger partial charge in [0.15, 0.2) is 0 Å². The Morgan fingerprint density at radius 1 is 1.26 bits per heavy atom. The summed E-state index contributed by atoms with van der Waals surface area (Å²) in [5.41, 5.74) is 8.83. The molecule has 1 rings (SSSR count). The van der Waals surface area contributed by atoms with E-state index in [1.807, 2.05) is 45.9 Å². The Balaban J connectivity index is 2.63. The molecule has 2 atom stereocenters. The van der Waals surface area contributed by atoms with Crippen LogP contribution < -0.4 is 11.1 Å². The van der Waals surface area contributed by atoms with Gasteiger partial charge >= 0.3 is 0 Å². The van der Waals surface area contributed by atoms with Crippen molar-refractivity contribution in [1.82, 2.24) is 0 Å². The molecule has 130 valence electrons. The van der Waals surface area contributed by atoms with Crippen molar-refractivity contribution in [1.29, 1.82) is 0 Å². The molecule has 0 aliphatic rings. The lowest BCUT2D eigenvalue weighted by atomic mass is 9.99. The molecule has 0 radical (unpaired) electrons. The molecule has 5 nitrogen and oxygen atoms in total. The molecule has 1 aromatic rings. The van der Waals surface area contributed by atoms with Crippen LogP contribution in [0, 0.1) is 12.8 Å². The third-order valence-corrected chi connectivity index (χ3v) is 4.10. The van der Waals surface area contributed by atoms with Crippen LogP contribution in [-0.4, -0.2) is 31.8 Å². The van der Waals surface area contributed by atoms with Gasteiger partial charge in [0.05, 0.1) is 25.9 Å². The Kier molecular flexibility index (Phi) is 8.84. The molecule has 3 N–H and O–H groups in total. The number of amides is 1. The molecule has 0 bridgehead atoms. The van der Waals surface area contributed by atoms with Crippen LogP contribution in [0.3, 0.4) is 0 Å². The second-order valence-electron chi connectivity index (χ2n) is 5.74. The second-order valence-corrected chi connectivity index (χ2v) is 5.74. The Morgan fingerprint density at radius 3 is 2.61 bits per heavy atom. The summed E-state index contributed by atoms with van der Waals surface area (Å²) in [5.74, 6) is 0.0113. The van der Waals surface area contributed by atoms with Crippen molar-refractivity contribution < 1.29 is 14.3 Å². The summed E-state index contributed by atoms with van der Waals surface area (Å²) in [6.07, 6.45) is 0.876. The number of nitrogens with two attached hydrogens (primary N) is 1. The Labute approximate surface area is 139 Å². The minimum absolute atomic E-state index is 0.142. The summed E-state index contributed by atoms with van der Waals surface area (Å²) in [6, 6.07) is 5.31. The summed E-state index contributed by atoms with van der Waals surface area (Å²) >= 11 is 0. The van der Waals surface area contributed by atoms with E-state index in [0.29, 0.717) is 26.4 Å². The fourth-order valence-electron chi connectivity index (χ4n) is 2.15. The van der Waals surface area contributed by atoms with Crippen molar-refractivity contribution in [2.75, 3.05) is 25.1 Å². The van der Waals surface area contributed by atoms with Crippen LogP contribution in [0.25, 0.3) is 0 Å². The summed E-state index contributed by atoms with van der Waals surface area (Å²) in [5, 5.41) is 2.93. The number of hydrogen-bond acceptors (Lipinski definition) is 4. The summed E-state index contributed by atoms with van der Waals surface area (Å²) < 4.78 is 10.8. The zero-order valence-corrected chi connectivity index (χ0v) is 14.7. The van der Waals surface area contributed by atoms with Crippen LogP contribution in [0.1, 0.15) is 38.3 Å². The van der Waals surface area contributed by atoms with E-state index in [4.69, 9.17) is 15.2 Å². The number of ether oxygens (including phenoxy) is 2. The maximum atomic E-state index is 12.2. The molecule has 0 spiro atoms. The largest absolute Gasteiger partial charge is 0.379 e. The molecule has 1 amide bonds. The fourth-order valence-corrected chi connectivity index (χ4v) is 2.15. The average molecular weight is 322 g/mol. The number of nitrogens with one attached hydrogen (secondary N) is 1. The minimum atomic E-state index is -0.495. The maximum absolute atomic E-state index is 12.2.